The molecular weight excluding hydrogens is 288 g/mol. The summed E-state index contributed by atoms with van der Waals surface area (Å²) >= 11 is 1.67. The van der Waals surface area contributed by atoms with Crippen molar-refractivity contribution in [2.24, 2.45) is 5.73 Å². The number of amides is 1. The van der Waals surface area contributed by atoms with Crippen molar-refractivity contribution in [2.45, 2.75) is 12.5 Å². The molecule has 0 aliphatic carbocycles. The van der Waals surface area contributed by atoms with Crippen LogP contribution >= 0.6 is 24.2 Å². The molecule has 1 aliphatic heterocycles. The molecule has 1 aromatic carbocycles. The number of hydrogen-bond acceptors (Lipinski definition) is 5. The molecule has 0 radical (unpaired) electrons. The van der Waals surface area contributed by atoms with E-state index in [1.165, 1.54) is 0 Å². The van der Waals surface area contributed by atoms with Crippen molar-refractivity contribution in [2.75, 3.05) is 24.1 Å². The lowest BCUT2D eigenvalue weighted by Crippen LogP contribution is -2.36. The Morgan fingerprint density at radius 1 is 1.47 bits per heavy atom. The van der Waals surface area contributed by atoms with Gasteiger partial charge in [-0.15, -0.1) is 12.4 Å². The van der Waals surface area contributed by atoms with Gasteiger partial charge in [0.2, 0.25) is 12.7 Å². The molecule has 0 unspecified atom stereocenters. The van der Waals surface area contributed by atoms with E-state index in [-0.39, 0.29) is 25.1 Å². The molecule has 0 bridgehead atoms. The number of carbonyl (C=O) groups is 1. The first-order valence-electron chi connectivity index (χ1n) is 5.65. The van der Waals surface area contributed by atoms with E-state index in [1.807, 2.05) is 6.26 Å². The third-order valence-electron chi connectivity index (χ3n) is 2.61. The van der Waals surface area contributed by atoms with Crippen LogP contribution in [-0.4, -0.2) is 30.8 Å². The van der Waals surface area contributed by atoms with Gasteiger partial charge in [-0.05, 0) is 30.6 Å². The summed E-state index contributed by atoms with van der Waals surface area (Å²) < 4.78 is 10.4. The van der Waals surface area contributed by atoms with Crippen molar-refractivity contribution in [1.29, 1.82) is 0 Å². The van der Waals surface area contributed by atoms with Crippen LogP contribution in [-0.2, 0) is 4.79 Å². The molecule has 106 valence electrons. The van der Waals surface area contributed by atoms with Crippen LogP contribution in [0.15, 0.2) is 18.2 Å². The van der Waals surface area contributed by atoms with E-state index >= 15 is 0 Å². The molecule has 0 saturated heterocycles. The van der Waals surface area contributed by atoms with Crippen molar-refractivity contribution < 1.29 is 14.3 Å². The number of hydrogen-bond donors (Lipinski definition) is 2. The van der Waals surface area contributed by atoms with Crippen LogP contribution < -0.4 is 20.5 Å². The summed E-state index contributed by atoms with van der Waals surface area (Å²) in [6, 6.07) is 4.79. The summed E-state index contributed by atoms with van der Waals surface area (Å²) in [7, 11) is 0. The van der Waals surface area contributed by atoms with E-state index in [2.05, 4.69) is 5.32 Å². The molecule has 2 rings (SSSR count). The topological polar surface area (TPSA) is 73.6 Å². The van der Waals surface area contributed by atoms with E-state index in [4.69, 9.17) is 15.2 Å². The summed E-state index contributed by atoms with van der Waals surface area (Å²) in [6.07, 6.45) is 2.65. The zero-order valence-corrected chi connectivity index (χ0v) is 12.2. The molecule has 1 aromatic rings. The Morgan fingerprint density at radius 2 is 2.21 bits per heavy atom. The highest BCUT2D eigenvalue weighted by Crippen LogP contribution is 2.34. The van der Waals surface area contributed by atoms with E-state index in [0.29, 0.717) is 23.6 Å². The Bertz CT molecular complexity index is 445. The second kappa shape index (κ2) is 7.47. The van der Waals surface area contributed by atoms with Gasteiger partial charge in [0, 0.05) is 11.8 Å². The lowest BCUT2D eigenvalue weighted by molar-refractivity contribution is -0.117. The first-order chi connectivity index (χ1) is 8.70. The van der Waals surface area contributed by atoms with Crippen LogP contribution in [0.3, 0.4) is 0 Å². The maximum Gasteiger partial charge on any atom is 0.241 e. The lowest BCUT2D eigenvalue weighted by atomic mass is 10.2. The maximum atomic E-state index is 11.8. The Morgan fingerprint density at radius 3 is 2.95 bits per heavy atom. The fraction of sp³-hybridized carbons (Fsp3) is 0.417. The minimum Gasteiger partial charge on any atom is -0.454 e. The van der Waals surface area contributed by atoms with Gasteiger partial charge in [0.25, 0.3) is 0 Å². The molecule has 0 spiro atoms. The van der Waals surface area contributed by atoms with Crippen LogP contribution in [0, 0.1) is 0 Å². The number of halogens is 1. The van der Waals surface area contributed by atoms with Crippen LogP contribution in [0.4, 0.5) is 5.69 Å². The Balaban J connectivity index is 0.00000180. The molecule has 1 heterocycles. The summed E-state index contributed by atoms with van der Waals surface area (Å²) in [6.45, 7) is 0.222. The van der Waals surface area contributed by atoms with Crippen LogP contribution in [0.25, 0.3) is 0 Å². The molecule has 1 aliphatic rings. The third-order valence-corrected chi connectivity index (χ3v) is 3.25. The van der Waals surface area contributed by atoms with E-state index in [9.17, 15) is 4.79 Å². The number of rotatable bonds is 5. The van der Waals surface area contributed by atoms with Gasteiger partial charge in [0.05, 0.1) is 6.04 Å². The SMILES string of the molecule is CSCC[C@H](N)C(=O)Nc1ccc2c(c1)OCO2.Cl. The van der Waals surface area contributed by atoms with Crippen molar-refractivity contribution in [1.82, 2.24) is 0 Å². The average molecular weight is 305 g/mol. The summed E-state index contributed by atoms with van der Waals surface area (Å²) in [5.41, 5.74) is 6.45. The van der Waals surface area contributed by atoms with Crippen molar-refractivity contribution in [3.05, 3.63) is 18.2 Å². The highest BCUT2D eigenvalue weighted by atomic mass is 35.5. The first-order valence-corrected chi connectivity index (χ1v) is 7.05. The summed E-state index contributed by atoms with van der Waals surface area (Å²) in [5, 5.41) is 2.77. The van der Waals surface area contributed by atoms with Crippen LogP contribution in [0.5, 0.6) is 11.5 Å². The summed E-state index contributed by atoms with van der Waals surface area (Å²) in [4.78, 5) is 11.8. The number of anilines is 1. The largest absolute Gasteiger partial charge is 0.454 e. The van der Waals surface area contributed by atoms with Gasteiger partial charge in [-0.3, -0.25) is 4.79 Å². The number of nitrogens with one attached hydrogen (secondary N) is 1. The first kappa shape index (κ1) is 15.9. The second-order valence-electron chi connectivity index (χ2n) is 3.95. The molecule has 7 heteroatoms. The molecule has 5 nitrogen and oxygen atoms in total. The smallest absolute Gasteiger partial charge is 0.241 e. The van der Waals surface area contributed by atoms with Gasteiger partial charge in [-0.25, -0.2) is 0 Å². The van der Waals surface area contributed by atoms with Gasteiger partial charge in [0.15, 0.2) is 11.5 Å². The van der Waals surface area contributed by atoms with Gasteiger partial charge in [-0.1, -0.05) is 0 Å². The number of benzene rings is 1. The van der Waals surface area contributed by atoms with Gasteiger partial charge < -0.3 is 20.5 Å². The predicted molar refractivity (Wildman–Crippen MR) is 79.4 cm³/mol. The quantitative estimate of drug-likeness (QED) is 0.868. The Labute approximate surface area is 122 Å². The molecule has 0 fully saturated rings. The van der Waals surface area contributed by atoms with Crippen LogP contribution in [0.1, 0.15) is 6.42 Å². The van der Waals surface area contributed by atoms with E-state index in [0.717, 1.165) is 5.75 Å². The van der Waals surface area contributed by atoms with Gasteiger partial charge in [0.1, 0.15) is 0 Å². The number of fused-ring (bicyclic) bond motifs is 1. The highest BCUT2D eigenvalue weighted by molar-refractivity contribution is 7.98. The zero-order valence-electron chi connectivity index (χ0n) is 10.5. The summed E-state index contributed by atoms with van der Waals surface area (Å²) in [5.74, 6) is 2.03. The molecule has 19 heavy (non-hydrogen) atoms. The standard InChI is InChI=1S/C12H16N2O3S.ClH/c1-18-5-4-9(13)12(15)14-8-2-3-10-11(6-8)17-7-16-10;/h2-3,6,9H,4-5,7,13H2,1H3,(H,14,15);1H/t9-;/m0./s1. The number of carbonyl (C=O) groups excluding carboxylic acids is 1. The Kier molecular flexibility index (Phi) is 6.27. The highest BCUT2D eigenvalue weighted by Gasteiger charge is 2.16. The molecule has 1 atom stereocenters. The molecular formula is C12H17ClN2O3S. The zero-order chi connectivity index (χ0) is 13.0. The fourth-order valence-electron chi connectivity index (χ4n) is 1.59. The minimum atomic E-state index is -0.483. The van der Waals surface area contributed by atoms with E-state index in [1.54, 1.807) is 30.0 Å². The molecule has 0 saturated carbocycles. The van der Waals surface area contributed by atoms with Crippen molar-refractivity contribution in [3.63, 3.8) is 0 Å². The van der Waals surface area contributed by atoms with Crippen LogP contribution in [0.2, 0.25) is 0 Å². The van der Waals surface area contributed by atoms with Crippen molar-refractivity contribution in [3.8, 4) is 11.5 Å². The monoisotopic (exact) mass is 304 g/mol. The fourth-order valence-corrected chi connectivity index (χ4v) is 2.07. The molecule has 1 amide bonds. The normalized spacial score (nSPS) is 13.6. The molecule has 3 N–H and O–H groups in total. The second-order valence-corrected chi connectivity index (χ2v) is 4.93. The predicted octanol–water partition coefficient (Wildman–Crippen LogP) is 1.86. The maximum absolute atomic E-state index is 11.8. The number of ether oxygens (including phenoxy) is 2. The Hall–Kier alpha value is -1.11. The lowest BCUT2D eigenvalue weighted by Gasteiger charge is -2.11. The molecule has 0 aromatic heterocycles. The van der Waals surface area contributed by atoms with E-state index < -0.39 is 6.04 Å². The van der Waals surface area contributed by atoms with Gasteiger partial charge in [-0.2, -0.15) is 11.8 Å². The van der Waals surface area contributed by atoms with Crippen molar-refractivity contribution >= 4 is 35.8 Å². The van der Waals surface area contributed by atoms with Gasteiger partial charge >= 0.3 is 0 Å². The number of nitrogens with two attached hydrogens (primary N) is 1. The average Bonchev–Trinajstić information content (AvgIpc) is 2.83. The third kappa shape index (κ3) is 4.19. The minimum absolute atomic E-state index is 0. The number of thioether (sulfide) groups is 1.